The standard InChI is InChI=1S/C24H23ClN2O4S/c1-16-14-17(25)9-12-21(16)27(32(2,29)30)13-5-8-24(28)26-18-10-11-20-19-6-3-4-7-22(19)31-23(20)15-18/h3-4,6-7,9-12,14-15H,5,8,13H2,1-2H3,(H,26,28). The molecule has 4 aromatic rings. The van der Waals surface area contributed by atoms with Gasteiger partial charge < -0.3 is 9.73 Å². The fourth-order valence-electron chi connectivity index (χ4n) is 3.77. The number of carbonyl (C=O) groups is 1. The topological polar surface area (TPSA) is 79.6 Å². The molecule has 0 aliphatic heterocycles. The Morgan fingerprint density at radius 3 is 2.53 bits per heavy atom. The normalized spacial score (nSPS) is 11.7. The molecule has 0 fully saturated rings. The van der Waals surface area contributed by atoms with Crippen molar-refractivity contribution >= 4 is 60.8 Å². The number of amides is 1. The Bertz CT molecular complexity index is 1410. The molecule has 0 atom stereocenters. The Balaban J connectivity index is 1.42. The number of halogens is 1. The third kappa shape index (κ3) is 4.74. The second-order valence-corrected chi connectivity index (χ2v) is 10.1. The van der Waals surface area contributed by atoms with Gasteiger partial charge in [-0.15, -0.1) is 0 Å². The molecule has 0 unspecified atom stereocenters. The van der Waals surface area contributed by atoms with Crippen molar-refractivity contribution in [3.8, 4) is 0 Å². The van der Waals surface area contributed by atoms with E-state index in [1.54, 1.807) is 31.2 Å². The van der Waals surface area contributed by atoms with Crippen molar-refractivity contribution in [3.05, 3.63) is 71.2 Å². The minimum Gasteiger partial charge on any atom is -0.456 e. The summed E-state index contributed by atoms with van der Waals surface area (Å²) in [5.41, 5.74) is 3.45. The van der Waals surface area contributed by atoms with E-state index in [2.05, 4.69) is 5.32 Å². The summed E-state index contributed by atoms with van der Waals surface area (Å²) in [5.74, 6) is -0.193. The third-order valence-electron chi connectivity index (χ3n) is 5.26. The van der Waals surface area contributed by atoms with Gasteiger partial charge in [-0.2, -0.15) is 0 Å². The SMILES string of the molecule is Cc1cc(Cl)ccc1N(CCCC(=O)Nc1ccc2c(c1)oc1ccccc12)S(C)(=O)=O. The molecular weight excluding hydrogens is 448 g/mol. The van der Waals surface area contributed by atoms with Crippen molar-refractivity contribution in [2.45, 2.75) is 19.8 Å². The number of nitrogens with zero attached hydrogens (tertiary/aromatic N) is 1. The van der Waals surface area contributed by atoms with Crippen LogP contribution in [0, 0.1) is 6.92 Å². The summed E-state index contributed by atoms with van der Waals surface area (Å²) in [7, 11) is -3.50. The van der Waals surface area contributed by atoms with Crippen LogP contribution in [0.2, 0.25) is 5.02 Å². The maximum absolute atomic E-state index is 12.5. The van der Waals surface area contributed by atoms with Crippen molar-refractivity contribution < 1.29 is 17.6 Å². The predicted octanol–water partition coefficient (Wildman–Crippen LogP) is 5.73. The first-order valence-corrected chi connectivity index (χ1v) is 12.4. The maximum atomic E-state index is 12.5. The summed E-state index contributed by atoms with van der Waals surface area (Å²) in [5, 5.41) is 5.42. The average molecular weight is 471 g/mol. The van der Waals surface area contributed by atoms with E-state index in [4.69, 9.17) is 16.0 Å². The van der Waals surface area contributed by atoms with Gasteiger partial charge in [0, 0.05) is 40.5 Å². The van der Waals surface area contributed by atoms with Crippen LogP contribution in [0.5, 0.6) is 0 Å². The smallest absolute Gasteiger partial charge is 0.232 e. The molecule has 0 aliphatic rings. The van der Waals surface area contributed by atoms with Gasteiger partial charge in [0.1, 0.15) is 11.2 Å². The van der Waals surface area contributed by atoms with E-state index in [1.807, 2.05) is 36.4 Å². The molecule has 4 rings (SSSR count). The zero-order valence-electron chi connectivity index (χ0n) is 17.8. The molecule has 3 aromatic carbocycles. The molecule has 6 nitrogen and oxygen atoms in total. The highest BCUT2D eigenvalue weighted by Gasteiger charge is 2.19. The zero-order valence-corrected chi connectivity index (χ0v) is 19.3. The fraction of sp³-hybridized carbons (Fsp3) is 0.208. The Morgan fingerprint density at radius 2 is 1.78 bits per heavy atom. The van der Waals surface area contributed by atoms with Crippen LogP contribution in [0.15, 0.2) is 65.1 Å². The summed E-state index contributed by atoms with van der Waals surface area (Å²) in [6.45, 7) is 2.00. The lowest BCUT2D eigenvalue weighted by molar-refractivity contribution is -0.116. The number of anilines is 2. The molecule has 166 valence electrons. The molecule has 8 heteroatoms. The first-order valence-electron chi connectivity index (χ1n) is 10.2. The molecular formula is C24H23ClN2O4S. The number of rotatable bonds is 7. The second-order valence-electron chi connectivity index (χ2n) is 7.73. The highest BCUT2D eigenvalue weighted by atomic mass is 35.5. The Hall–Kier alpha value is -3.03. The summed E-state index contributed by atoms with van der Waals surface area (Å²) < 4.78 is 31.8. The Kier molecular flexibility index (Phi) is 6.13. The van der Waals surface area contributed by atoms with Gasteiger partial charge in [-0.05, 0) is 55.3 Å². The summed E-state index contributed by atoms with van der Waals surface area (Å²) in [6, 6.07) is 18.4. The van der Waals surface area contributed by atoms with E-state index >= 15 is 0 Å². The van der Waals surface area contributed by atoms with Crippen LogP contribution >= 0.6 is 11.6 Å². The van der Waals surface area contributed by atoms with Crippen LogP contribution in [0.1, 0.15) is 18.4 Å². The molecule has 0 saturated carbocycles. The van der Waals surface area contributed by atoms with Gasteiger partial charge in [0.15, 0.2) is 0 Å². The lowest BCUT2D eigenvalue weighted by Crippen LogP contribution is -2.32. The number of hydrogen-bond acceptors (Lipinski definition) is 4. The zero-order chi connectivity index (χ0) is 22.9. The Morgan fingerprint density at radius 1 is 1.03 bits per heavy atom. The van der Waals surface area contributed by atoms with E-state index in [1.165, 1.54) is 4.31 Å². The number of para-hydroxylation sites is 1. The van der Waals surface area contributed by atoms with E-state index in [0.717, 1.165) is 28.2 Å². The van der Waals surface area contributed by atoms with E-state index < -0.39 is 10.0 Å². The molecule has 1 amide bonds. The number of furan rings is 1. The number of sulfonamides is 1. The number of hydrogen-bond donors (Lipinski definition) is 1. The largest absolute Gasteiger partial charge is 0.456 e. The number of fused-ring (bicyclic) bond motifs is 3. The summed E-state index contributed by atoms with van der Waals surface area (Å²) >= 11 is 5.99. The maximum Gasteiger partial charge on any atom is 0.232 e. The second kappa shape index (κ2) is 8.84. The van der Waals surface area contributed by atoms with Crippen LogP contribution < -0.4 is 9.62 Å². The van der Waals surface area contributed by atoms with Gasteiger partial charge >= 0.3 is 0 Å². The quantitative estimate of drug-likeness (QED) is 0.374. The van der Waals surface area contributed by atoms with Gasteiger partial charge in [0.05, 0.1) is 11.9 Å². The lowest BCUT2D eigenvalue weighted by Gasteiger charge is -2.24. The van der Waals surface area contributed by atoms with Crippen LogP contribution in [0.25, 0.3) is 21.9 Å². The highest BCUT2D eigenvalue weighted by Crippen LogP contribution is 2.30. The lowest BCUT2D eigenvalue weighted by atomic mass is 10.1. The van der Waals surface area contributed by atoms with E-state index in [0.29, 0.717) is 28.4 Å². The minimum absolute atomic E-state index is 0.177. The van der Waals surface area contributed by atoms with Crippen molar-refractivity contribution in [1.82, 2.24) is 0 Å². The number of carbonyl (C=O) groups excluding carboxylic acids is 1. The molecule has 1 heterocycles. The fourth-order valence-corrected chi connectivity index (χ4v) is 5.02. The molecule has 1 N–H and O–H groups in total. The van der Waals surface area contributed by atoms with Gasteiger partial charge in [0.25, 0.3) is 0 Å². The minimum atomic E-state index is -3.50. The van der Waals surface area contributed by atoms with Gasteiger partial charge in [-0.25, -0.2) is 8.42 Å². The predicted molar refractivity (Wildman–Crippen MR) is 130 cm³/mol. The molecule has 0 saturated heterocycles. The van der Waals surface area contributed by atoms with E-state index in [-0.39, 0.29) is 18.9 Å². The summed E-state index contributed by atoms with van der Waals surface area (Å²) in [6.07, 6.45) is 1.70. The van der Waals surface area contributed by atoms with Crippen LogP contribution in [-0.4, -0.2) is 27.1 Å². The summed E-state index contributed by atoms with van der Waals surface area (Å²) in [4.78, 5) is 12.5. The number of aryl methyl sites for hydroxylation is 1. The first-order chi connectivity index (χ1) is 15.2. The van der Waals surface area contributed by atoms with Crippen molar-refractivity contribution in [1.29, 1.82) is 0 Å². The molecule has 0 spiro atoms. The van der Waals surface area contributed by atoms with Crippen molar-refractivity contribution in [3.63, 3.8) is 0 Å². The average Bonchev–Trinajstić information content (AvgIpc) is 3.09. The highest BCUT2D eigenvalue weighted by molar-refractivity contribution is 7.92. The molecule has 1 aromatic heterocycles. The van der Waals surface area contributed by atoms with Crippen molar-refractivity contribution in [2.24, 2.45) is 0 Å². The number of benzene rings is 3. The van der Waals surface area contributed by atoms with Crippen LogP contribution in [-0.2, 0) is 14.8 Å². The van der Waals surface area contributed by atoms with Gasteiger partial charge in [-0.3, -0.25) is 9.10 Å². The third-order valence-corrected chi connectivity index (χ3v) is 6.67. The molecule has 0 aliphatic carbocycles. The molecule has 32 heavy (non-hydrogen) atoms. The number of nitrogens with one attached hydrogen (secondary N) is 1. The van der Waals surface area contributed by atoms with Crippen LogP contribution in [0.3, 0.4) is 0 Å². The first kappa shape index (κ1) is 22.2. The molecule has 0 radical (unpaired) electrons. The Labute approximate surface area is 191 Å². The van der Waals surface area contributed by atoms with Crippen LogP contribution in [0.4, 0.5) is 11.4 Å². The van der Waals surface area contributed by atoms with E-state index in [9.17, 15) is 13.2 Å². The van der Waals surface area contributed by atoms with Gasteiger partial charge in [-0.1, -0.05) is 29.8 Å². The van der Waals surface area contributed by atoms with Gasteiger partial charge in [0.2, 0.25) is 15.9 Å². The molecule has 0 bridgehead atoms. The monoisotopic (exact) mass is 470 g/mol. The van der Waals surface area contributed by atoms with Crippen molar-refractivity contribution in [2.75, 3.05) is 22.4 Å².